The van der Waals surface area contributed by atoms with Gasteiger partial charge in [-0.2, -0.15) is 0 Å². The van der Waals surface area contributed by atoms with Gasteiger partial charge < -0.3 is 10.5 Å². The molecule has 0 fully saturated rings. The summed E-state index contributed by atoms with van der Waals surface area (Å²) in [6.07, 6.45) is 1.61. The molecule has 0 aromatic heterocycles. The number of nitrogens with one attached hydrogen (secondary N) is 1. The minimum Gasteiger partial charge on any atom is -0.465 e. The monoisotopic (exact) mass is 300 g/mol. The second kappa shape index (κ2) is 6.71. The molecule has 0 aliphatic heterocycles. The van der Waals surface area contributed by atoms with Crippen molar-refractivity contribution in [2.24, 2.45) is 0 Å². The molecule has 0 aliphatic carbocycles. The van der Waals surface area contributed by atoms with Crippen molar-refractivity contribution in [2.75, 3.05) is 12.8 Å². The molecule has 112 valence electrons. The Morgan fingerprint density at radius 3 is 2.60 bits per heavy atom. The van der Waals surface area contributed by atoms with Crippen LogP contribution in [0.25, 0.3) is 0 Å². The molecule has 0 amide bonds. The molecule has 0 saturated heterocycles. The lowest BCUT2D eigenvalue weighted by molar-refractivity contribution is 0.0600. The predicted octanol–water partition coefficient (Wildman–Crippen LogP) is 1.52. The molecule has 3 N–H and O–H groups in total. The van der Waals surface area contributed by atoms with Crippen LogP contribution >= 0.6 is 0 Å². The maximum Gasteiger partial charge on any atom is 0.337 e. The smallest absolute Gasteiger partial charge is 0.337 e. The second-order valence-electron chi connectivity index (χ2n) is 4.56. The summed E-state index contributed by atoms with van der Waals surface area (Å²) in [5.74, 6) is -0.562. The number of ether oxygens (including phenoxy) is 1. The molecule has 0 heterocycles. The van der Waals surface area contributed by atoms with Crippen LogP contribution in [0.4, 0.5) is 5.69 Å². The first-order chi connectivity index (χ1) is 9.31. The van der Waals surface area contributed by atoms with E-state index in [0.29, 0.717) is 0 Å². The molecule has 6 nitrogen and oxygen atoms in total. The fraction of sp³-hybridized carbons (Fsp3) is 0.462. The zero-order valence-corrected chi connectivity index (χ0v) is 12.7. The van der Waals surface area contributed by atoms with Crippen molar-refractivity contribution in [3.8, 4) is 0 Å². The van der Waals surface area contributed by atoms with Gasteiger partial charge in [-0.3, -0.25) is 0 Å². The lowest BCUT2D eigenvalue weighted by Crippen LogP contribution is -2.32. The van der Waals surface area contributed by atoms with E-state index in [9.17, 15) is 13.2 Å². The highest BCUT2D eigenvalue weighted by Crippen LogP contribution is 2.20. The van der Waals surface area contributed by atoms with E-state index in [1.54, 1.807) is 6.92 Å². The van der Waals surface area contributed by atoms with Gasteiger partial charge in [0.05, 0.1) is 18.4 Å². The molecule has 1 rings (SSSR count). The average Bonchev–Trinajstić information content (AvgIpc) is 2.36. The molecule has 1 unspecified atom stereocenters. The topological polar surface area (TPSA) is 98.5 Å². The van der Waals surface area contributed by atoms with Gasteiger partial charge in [-0.25, -0.2) is 17.9 Å². The van der Waals surface area contributed by atoms with Crippen LogP contribution in [0.2, 0.25) is 0 Å². The number of benzene rings is 1. The summed E-state index contributed by atoms with van der Waals surface area (Å²) in [6.45, 7) is 3.77. The first kappa shape index (κ1) is 16.5. The summed E-state index contributed by atoms with van der Waals surface area (Å²) >= 11 is 0. The van der Waals surface area contributed by atoms with Crippen LogP contribution in [-0.4, -0.2) is 27.5 Å². The SMILES string of the molecule is CCCC(C)NS(=O)(=O)c1ccc(C(=O)OC)cc1N. The number of hydrogen-bond donors (Lipinski definition) is 2. The van der Waals surface area contributed by atoms with Crippen LogP contribution in [0.15, 0.2) is 23.1 Å². The zero-order chi connectivity index (χ0) is 15.3. The van der Waals surface area contributed by atoms with E-state index in [1.807, 2.05) is 6.92 Å². The summed E-state index contributed by atoms with van der Waals surface area (Å²) in [6, 6.07) is 3.80. The van der Waals surface area contributed by atoms with Crippen molar-refractivity contribution in [3.63, 3.8) is 0 Å². The van der Waals surface area contributed by atoms with Crippen molar-refractivity contribution in [3.05, 3.63) is 23.8 Å². The molecule has 1 aromatic rings. The Kier molecular flexibility index (Phi) is 5.52. The molecule has 0 aliphatic rings. The molecule has 0 saturated carbocycles. The quantitative estimate of drug-likeness (QED) is 0.613. The summed E-state index contributed by atoms with van der Waals surface area (Å²) in [5.41, 5.74) is 5.95. The number of nitrogen functional groups attached to an aromatic ring is 1. The predicted molar refractivity (Wildman–Crippen MR) is 76.9 cm³/mol. The molecule has 7 heteroatoms. The Balaban J connectivity index is 3.05. The number of sulfonamides is 1. The molecule has 0 bridgehead atoms. The number of methoxy groups -OCH3 is 1. The van der Waals surface area contributed by atoms with Gasteiger partial charge >= 0.3 is 5.97 Å². The van der Waals surface area contributed by atoms with Crippen molar-refractivity contribution < 1.29 is 17.9 Å². The third kappa shape index (κ3) is 3.94. The number of anilines is 1. The molecule has 1 atom stereocenters. The Morgan fingerprint density at radius 2 is 2.10 bits per heavy atom. The van der Waals surface area contributed by atoms with Gasteiger partial charge in [0, 0.05) is 6.04 Å². The minimum absolute atomic E-state index is 0.0177. The van der Waals surface area contributed by atoms with E-state index in [2.05, 4.69) is 9.46 Å². The van der Waals surface area contributed by atoms with Gasteiger partial charge in [0.25, 0.3) is 0 Å². The van der Waals surface area contributed by atoms with Gasteiger partial charge in [-0.15, -0.1) is 0 Å². The van der Waals surface area contributed by atoms with Gasteiger partial charge in [0.1, 0.15) is 4.90 Å². The molecule has 1 aromatic carbocycles. The van der Waals surface area contributed by atoms with Gasteiger partial charge in [-0.05, 0) is 31.5 Å². The van der Waals surface area contributed by atoms with E-state index in [-0.39, 0.29) is 22.2 Å². The number of carbonyl (C=O) groups excluding carboxylic acids is 1. The Labute approximate surface area is 119 Å². The Morgan fingerprint density at radius 1 is 1.45 bits per heavy atom. The van der Waals surface area contributed by atoms with Crippen LogP contribution in [0.3, 0.4) is 0 Å². The number of esters is 1. The van der Waals surface area contributed by atoms with Crippen LogP contribution in [0.1, 0.15) is 37.0 Å². The molecule has 0 spiro atoms. The number of hydrogen-bond acceptors (Lipinski definition) is 5. The van der Waals surface area contributed by atoms with Crippen LogP contribution in [0, 0.1) is 0 Å². The molecule has 0 radical (unpaired) electrons. The summed E-state index contributed by atoms with van der Waals surface area (Å²) < 4.78 is 31.5. The van der Waals surface area contributed by atoms with Crippen molar-refractivity contribution >= 4 is 21.7 Å². The number of rotatable bonds is 6. The fourth-order valence-electron chi connectivity index (χ4n) is 1.86. The Bertz CT molecular complexity index is 584. The minimum atomic E-state index is -3.69. The first-order valence-corrected chi connectivity index (χ1v) is 7.80. The van der Waals surface area contributed by atoms with Crippen LogP contribution in [0.5, 0.6) is 0 Å². The summed E-state index contributed by atoms with van der Waals surface area (Å²) in [7, 11) is -2.44. The normalized spacial score (nSPS) is 12.9. The average molecular weight is 300 g/mol. The first-order valence-electron chi connectivity index (χ1n) is 6.32. The standard InChI is InChI=1S/C13H20N2O4S/c1-4-5-9(2)15-20(17,18)12-7-6-10(8-11(12)14)13(16)19-3/h6-9,15H,4-5,14H2,1-3H3. The number of carbonyl (C=O) groups is 1. The lowest BCUT2D eigenvalue weighted by Gasteiger charge is -2.14. The van der Waals surface area contributed by atoms with Crippen molar-refractivity contribution in [1.29, 1.82) is 0 Å². The van der Waals surface area contributed by atoms with Gasteiger partial charge in [0.15, 0.2) is 0 Å². The zero-order valence-electron chi connectivity index (χ0n) is 11.8. The van der Waals surface area contributed by atoms with Gasteiger partial charge in [0.2, 0.25) is 10.0 Å². The third-order valence-electron chi connectivity index (χ3n) is 2.80. The largest absolute Gasteiger partial charge is 0.465 e. The Hall–Kier alpha value is -1.60. The lowest BCUT2D eigenvalue weighted by atomic mass is 10.2. The van der Waals surface area contributed by atoms with Crippen LogP contribution < -0.4 is 10.5 Å². The maximum atomic E-state index is 12.2. The van der Waals surface area contributed by atoms with E-state index >= 15 is 0 Å². The number of nitrogens with two attached hydrogens (primary N) is 1. The molecular weight excluding hydrogens is 280 g/mol. The van der Waals surface area contributed by atoms with E-state index in [1.165, 1.54) is 25.3 Å². The third-order valence-corrected chi connectivity index (χ3v) is 4.46. The van der Waals surface area contributed by atoms with Crippen molar-refractivity contribution in [2.45, 2.75) is 37.6 Å². The highest BCUT2D eigenvalue weighted by Gasteiger charge is 2.21. The highest BCUT2D eigenvalue weighted by molar-refractivity contribution is 7.89. The molecule has 20 heavy (non-hydrogen) atoms. The van der Waals surface area contributed by atoms with E-state index < -0.39 is 16.0 Å². The second-order valence-corrected chi connectivity index (χ2v) is 6.24. The van der Waals surface area contributed by atoms with E-state index in [0.717, 1.165) is 12.8 Å². The van der Waals surface area contributed by atoms with Gasteiger partial charge in [-0.1, -0.05) is 13.3 Å². The fourth-order valence-corrected chi connectivity index (χ4v) is 3.25. The summed E-state index contributed by atoms with van der Waals surface area (Å²) in [4.78, 5) is 11.3. The maximum absolute atomic E-state index is 12.2. The summed E-state index contributed by atoms with van der Waals surface area (Å²) in [5, 5.41) is 0. The molecular formula is C13H20N2O4S. The van der Waals surface area contributed by atoms with Crippen LogP contribution in [-0.2, 0) is 14.8 Å². The highest BCUT2D eigenvalue weighted by atomic mass is 32.2. The van der Waals surface area contributed by atoms with E-state index in [4.69, 9.17) is 5.73 Å². The van der Waals surface area contributed by atoms with Crippen molar-refractivity contribution in [1.82, 2.24) is 4.72 Å².